The van der Waals surface area contributed by atoms with Crippen LogP contribution in [-0.2, 0) is 9.53 Å². The van der Waals surface area contributed by atoms with Crippen LogP contribution in [0, 0.1) is 0 Å². The molecule has 0 aromatic heterocycles. The largest absolute Gasteiger partial charge is 0.370 e. The summed E-state index contributed by atoms with van der Waals surface area (Å²) in [6.45, 7) is 0.510. The van der Waals surface area contributed by atoms with Gasteiger partial charge in [0.1, 0.15) is 6.61 Å². The number of carbonyl (C=O) groups excluding carboxylic acids is 1. The molecule has 0 unspecified atom stereocenters. The van der Waals surface area contributed by atoms with Crippen LogP contribution in [0.4, 0.5) is 5.69 Å². The van der Waals surface area contributed by atoms with Crippen molar-refractivity contribution in [3.05, 3.63) is 28.7 Å². The molecule has 1 amide bonds. The monoisotopic (exact) mass is 340 g/mol. The van der Waals surface area contributed by atoms with Gasteiger partial charge in [0.25, 0.3) is 0 Å². The Labute approximate surface area is 128 Å². The predicted octanol–water partition coefficient (Wildman–Crippen LogP) is 3.07. The molecule has 0 saturated heterocycles. The van der Waals surface area contributed by atoms with Crippen LogP contribution in [0.3, 0.4) is 0 Å². The molecule has 2 rings (SSSR count). The van der Waals surface area contributed by atoms with E-state index in [2.05, 4.69) is 21.2 Å². The molecule has 0 bridgehead atoms. The summed E-state index contributed by atoms with van der Waals surface area (Å²) in [5, 5.41) is 2.79. The average Bonchev–Trinajstić information content (AvgIpc) is 2.42. The Morgan fingerprint density at radius 3 is 2.55 bits per heavy atom. The maximum Gasteiger partial charge on any atom is 0.250 e. The summed E-state index contributed by atoms with van der Waals surface area (Å²) in [7, 11) is 0. The highest BCUT2D eigenvalue weighted by Gasteiger charge is 2.27. The van der Waals surface area contributed by atoms with E-state index >= 15 is 0 Å². The van der Waals surface area contributed by atoms with Crippen molar-refractivity contribution in [2.75, 3.05) is 18.5 Å². The van der Waals surface area contributed by atoms with Crippen molar-refractivity contribution >= 4 is 27.5 Å². The summed E-state index contributed by atoms with van der Waals surface area (Å²) in [5.41, 5.74) is 6.78. The van der Waals surface area contributed by atoms with E-state index in [0.29, 0.717) is 6.61 Å². The van der Waals surface area contributed by atoms with Crippen molar-refractivity contribution in [3.63, 3.8) is 0 Å². The predicted molar refractivity (Wildman–Crippen MR) is 83.6 cm³/mol. The SMILES string of the molecule is NC1(COCC(=O)Nc2ccc(Br)cc2)CCCCC1. The standard InChI is InChI=1S/C15H21BrN2O2/c16-12-4-6-13(7-5-12)18-14(19)10-20-11-15(17)8-2-1-3-9-15/h4-7H,1-3,8-11,17H2,(H,18,19). The fourth-order valence-corrected chi connectivity index (χ4v) is 2.74. The smallest absolute Gasteiger partial charge is 0.250 e. The van der Waals surface area contributed by atoms with Gasteiger partial charge in [0.15, 0.2) is 0 Å². The van der Waals surface area contributed by atoms with Gasteiger partial charge < -0.3 is 15.8 Å². The van der Waals surface area contributed by atoms with E-state index in [1.54, 1.807) is 0 Å². The van der Waals surface area contributed by atoms with Crippen LogP contribution < -0.4 is 11.1 Å². The highest BCUT2D eigenvalue weighted by Crippen LogP contribution is 2.25. The molecule has 1 aliphatic rings. The number of hydrogen-bond donors (Lipinski definition) is 2. The first kappa shape index (κ1) is 15.5. The molecule has 1 aliphatic carbocycles. The van der Waals surface area contributed by atoms with Crippen LogP contribution in [-0.4, -0.2) is 24.7 Å². The zero-order valence-corrected chi connectivity index (χ0v) is 13.1. The number of rotatable bonds is 5. The molecule has 3 N–H and O–H groups in total. The number of benzene rings is 1. The van der Waals surface area contributed by atoms with E-state index in [1.807, 2.05) is 24.3 Å². The molecular weight excluding hydrogens is 320 g/mol. The van der Waals surface area contributed by atoms with Gasteiger partial charge in [-0.2, -0.15) is 0 Å². The van der Waals surface area contributed by atoms with Crippen molar-refractivity contribution in [1.82, 2.24) is 0 Å². The van der Waals surface area contributed by atoms with E-state index in [9.17, 15) is 4.79 Å². The molecule has 1 fully saturated rings. The Morgan fingerprint density at radius 1 is 1.25 bits per heavy atom. The second-order valence-electron chi connectivity index (χ2n) is 5.47. The minimum Gasteiger partial charge on any atom is -0.370 e. The van der Waals surface area contributed by atoms with Gasteiger partial charge in [-0.25, -0.2) is 0 Å². The second-order valence-corrected chi connectivity index (χ2v) is 6.39. The van der Waals surface area contributed by atoms with Crippen molar-refractivity contribution < 1.29 is 9.53 Å². The Bertz CT molecular complexity index is 442. The zero-order chi connectivity index (χ0) is 14.4. The molecule has 5 heteroatoms. The number of anilines is 1. The summed E-state index contributed by atoms with van der Waals surface area (Å²) >= 11 is 3.35. The average molecular weight is 341 g/mol. The highest BCUT2D eigenvalue weighted by molar-refractivity contribution is 9.10. The second kappa shape index (κ2) is 7.20. The number of ether oxygens (including phenoxy) is 1. The molecule has 110 valence electrons. The lowest BCUT2D eigenvalue weighted by Crippen LogP contribution is -2.46. The van der Waals surface area contributed by atoms with E-state index in [-0.39, 0.29) is 18.1 Å². The third kappa shape index (κ3) is 4.89. The van der Waals surface area contributed by atoms with Crippen LogP contribution in [0.15, 0.2) is 28.7 Å². The van der Waals surface area contributed by atoms with Crippen molar-refractivity contribution in [2.24, 2.45) is 5.73 Å². The Morgan fingerprint density at radius 2 is 1.90 bits per heavy atom. The number of halogens is 1. The summed E-state index contributed by atoms with van der Waals surface area (Å²) in [6.07, 6.45) is 5.54. The van der Waals surface area contributed by atoms with Gasteiger partial charge in [-0.05, 0) is 37.1 Å². The van der Waals surface area contributed by atoms with E-state index in [4.69, 9.17) is 10.5 Å². The first-order valence-electron chi connectivity index (χ1n) is 6.99. The molecule has 0 radical (unpaired) electrons. The van der Waals surface area contributed by atoms with Gasteiger partial charge in [-0.15, -0.1) is 0 Å². The first-order chi connectivity index (χ1) is 9.57. The van der Waals surface area contributed by atoms with Crippen LogP contribution in [0.5, 0.6) is 0 Å². The van der Waals surface area contributed by atoms with E-state index in [1.165, 1.54) is 6.42 Å². The topological polar surface area (TPSA) is 64.3 Å². The van der Waals surface area contributed by atoms with Crippen LogP contribution in [0.25, 0.3) is 0 Å². The lowest BCUT2D eigenvalue weighted by Gasteiger charge is -2.32. The molecule has 1 saturated carbocycles. The van der Waals surface area contributed by atoms with E-state index in [0.717, 1.165) is 35.8 Å². The maximum atomic E-state index is 11.8. The van der Waals surface area contributed by atoms with Gasteiger partial charge in [-0.3, -0.25) is 4.79 Å². The summed E-state index contributed by atoms with van der Waals surface area (Å²) in [6, 6.07) is 7.45. The van der Waals surface area contributed by atoms with Crippen molar-refractivity contribution in [2.45, 2.75) is 37.6 Å². The molecular formula is C15H21BrN2O2. The van der Waals surface area contributed by atoms with Crippen molar-refractivity contribution in [1.29, 1.82) is 0 Å². The maximum absolute atomic E-state index is 11.8. The van der Waals surface area contributed by atoms with Crippen LogP contribution in [0.2, 0.25) is 0 Å². The summed E-state index contributed by atoms with van der Waals surface area (Å²) in [4.78, 5) is 11.8. The number of carbonyl (C=O) groups is 1. The number of amides is 1. The number of nitrogens with two attached hydrogens (primary N) is 1. The molecule has 0 spiro atoms. The van der Waals surface area contributed by atoms with Gasteiger partial charge >= 0.3 is 0 Å². The number of nitrogens with one attached hydrogen (secondary N) is 1. The van der Waals surface area contributed by atoms with Gasteiger partial charge in [0.2, 0.25) is 5.91 Å². The summed E-state index contributed by atoms with van der Waals surface area (Å²) < 4.78 is 6.47. The van der Waals surface area contributed by atoms with Crippen molar-refractivity contribution in [3.8, 4) is 0 Å². The molecule has 1 aromatic rings. The molecule has 4 nitrogen and oxygen atoms in total. The Balaban J connectivity index is 1.71. The normalized spacial score (nSPS) is 17.7. The quantitative estimate of drug-likeness (QED) is 0.865. The van der Waals surface area contributed by atoms with E-state index < -0.39 is 0 Å². The zero-order valence-electron chi connectivity index (χ0n) is 11.5. The minimum absolute atomic E-state index is 0.0506. The van der Waals surface area contributed by atoms with Crippen LogP contribution in [0.1, 0.15) is 32.1 Å². The minimum atomic E-state index is -0.240. The fraction of sp³-hybridized carbons (Fsp3) is 0.533. The first-order valence-corrected chi connectivity index (χ1v) is 7.79. The molecule has 1 aromatic carbocycles. The van der Waals surface area contributed by atoms with Crippen LogP contribution >= 0.6 is 15.9 Å². The van der Waals surface area contributed by atoms with Gasteiger partial charge in [-0.1, -0.05) is 35.2 Å². The molecule has 0 heterocycles. The molecule has 20 heavy (non-hydrogen) atoms. The third-order valence-electron chi connectivity index (χ3n) is 3.60. The highest BCUT2D eigenvalue weighted by atomic mass is 79.9. The third-order valence-corrected chi connectivity index (χ3v) is 4.13. The molecule has 0 aliphatic heterocycles. The fourth-order valence-electron chi connectivity index (χ4n) is 2.48. The van der Waals surface area contributed by atoms with Gasteiger partial charge in [0.05, 0.1) is 6.61 Å². The lowest BCUT2D eigenvalue weighted by molar-refractivity contribution is -0.121. The Hall–Kier alpha value is -0.910. The number of hydrogen-bond acceptors (Lipinski definition) is 3. The van der Waals surface area contributed by atoms with Gasteiger partial charge in [0, 0.05) is 15.7 Å². The Kier molecular flexibility index (Phi) is 5.57. The molecule has 0 atom stereocenters. The lowest BCUT2D eigenvalue weighted by atomic mass is 9.83. The summed E-state index contributed by atoms with van der Waals surface area (Å²) in [5.74, 6) is -0.147.